The van der Waals surface area contributed by atoms with E-state index >= 15 is 0 Å². The highest BCUT2D eigenvalue weighted by atomic mass is 31.2. The zero-order chi connectivity index (χ0) is 70.3. The van der Waals surface area contributed by atoms with Crippen LogP contribution in [0.5, 0.6) is 0 Å². The van der Waals surface area contributed by atoms with Gasteiger partial charge in [-0.1, -0.05) is 331 Å². The number of esters is 4. The molecular formula is C76H148O17P2. The van der Waals surface area contributed by atoms with E-state index in [1.54, 1.807) is 0 Å². The van der Waals surface area contributed by atoms with Crippen LogP contribution in [-0.4, -0.2) is 96.7 Å². The minimum absolute atomic E-state index is 0.105. The lowest BCUT2D eigenvalue weighted by molar-refractivity contribution is -0.161. The number of hydrogen-bond acceptors (Lipinski definition) is 15. The molecule has 5 atom stereocenters. The number of hydrogen-bond donors (Lipinski definition) is 3. The molecule has 0 aliphatic rings. The normalized spacial score (nSPS) is 14.1. The van der Waals surface area contributed by atoms with Crippen molar-refractivity contribution in [2.75, 3.05) is 39.6 Å². The predicted molar refractivity (Wildman–Crippen MR) is 386 cm³/mol. The van der Waals surface area contributed by atoms with Crippen LogP contribution in [0.3, 0.4) is 0 Å². The van der Waals surface area contributed by atoms with Gasteiger partial charge in [0, 0.05) is 25.7 Å². The Balaban J connectivity index is 5.26. The van der Waals surface area contributed by atoms with Crippen LogP contribution in [0.15, 0.2) is 0 Å². The molecule has 0 saturated carbocycles. The average molecular weight is 1400 g/mol. The zero-order valence-electron chi connectivity index (χ0n) is 62.3. The first-order chi connectivity index (χ1) is 45.6. The average Bonchev–Trinajstić information content (AvgIpc) is 1.45. The van der Waals surface area contributed by atoms with Gasteiger partial charge in [-0.05, 0) is 49.4 Å². The molecule has 0 heterocycles. The fraction of sp³-hybridized carbons (Fsp3) is 0.947. The van der Waals surface area contributed by atoms with Crippen LogP contribution in [0.4, 0.5) is 0 Å². The zero-order valence-corrected chi connectivity index (χ0v) is 64.1. The van der Waals surface area contributed by atoms with E-state index in [1.807, 2.05) is 0 Å². The third-order valence-electron chi connectivity index (χ3n) is 17.6. The molecule has 3 unspecified atom stereocenters. The SMILES string of the molecule is CC(C)CCCCCCCCCCCCCCCC(=O)OC[C@H](COP(=O)(O)OCC(O)COP(=O)(O)OC[C@@H](COC(=O)CCCCCCCCCC(C)C)OC(=O)CCCCCCCCCCCCC(C)C)OC(=O)CCCCCCCCCCCCCCCC(C)C. The quantitative estimate of drug-likeness (QED) is 0.0222. The number of unbranched alkanes of at least 4 members (excludes halogenated alkanes) is 39. The summed E-state index contributed by atoms with van der Waals surface area (Å²) >= 11 is 0. The molecule has 0 fully saturated rings. The highest BCUT2D eigenvalue weighted by Crippen LogP contribution is 2.45. The molecule has 3 N–H and O–H groups in total. The molecule has 19 heteroatoms. The number of carbonyl (C=O) groups is 4. The molecule has 0 aromatic carbocycles. The topological polar surface area (TPSA) is 237 Å². The van der Waals surface area contributed by atoms with Gasteiger partial charge in [0.05, 0.1) is 26.4 Å². The van der Waals surface area contributed by atoms with Crippen molar-refractivity contribution in [2.45, 2.75) is 401 Å². The van der Waals surface area contributed by atoms with Crippen LogP contribution in [-0.2, 0) is 65.4 Å². The Labute approximate surface area is 581 Å². The van der Waals surface area contributed by atoms with E-state index in [1.165, 1.54) is 180 Å². The van der Waals surface area contributed by atoms with Crippen LogP contribution in [0, 0.1) is 23.7 Å². The van der Waals surface area contributed by atoms with Crippen molar-refractivity contribution >= 4 is 39.5 Å². The summed E-state index contributed by atoms with van der Waals surface area (Å²) in [5.41, 5.74) is 0. The second kappa shape index (κ2) is 65.4. The van der Waals surface area contributed by atoms with Gasteiger partial charge < -0.3 is 33.8 Å². The summed E-state index contributed by atoms with van der Waals surface area (Å²) in [6, 6.07) is 0. The lowest BCUT2D eigenvalue weighted by Gasteiger charge is -2.21. The van der Waals surface area contributed by atoms with E-state index in [-0.39, 0.29) is 25.7 Å². The van der Waals surface area contributed by atoms with Gasteiger partial charge in [-0.25, -0.2) is 9.13 Å². The van der Waals surface area contributed by atoms with E-state index in [0.717, 1.165) is 114 Å². The maximum Gasteiger partial charge on any atom is 0.472 e. The summed E-state index contributed by atoms with van der Waals surface area (Å²) in [4.78, 5) is 72.8. The Morgan fingerprint density at radius 1 is 0.263 bits per heavy atom. The van der Waals surface area contributed by atoms with Crippen molar-refractivity contribution in [3.05, 3.63) is 0 Å². The maximum absolute atomic E-state index is 13.1. The number of phosphoric acid groups is 2. The van der Waals surface area contributed by atoms with E-state index in [4.69, 9.17) is 37.0 Å². The number of ether oxygens (including phenoxy) is 4. The summed E-state index contributed by atoms with van der Waals surface area (Å²) in [7, 11) is -9.91. The van der Waals surface area contributed by atoms with Crippen LogP contribution in [0.2, 0.25) is 0 Å². The summed E-state index contributed by atoms with van der Waals surface area (Å²) in [6.07, 6.45) is 50.0. The Morgan fingerprint density at radius 3 is 0.653 bits per heavy atom. The minimum Gasteiger partial charge on any atom is -0.462 e. The number of aliphatic hydroxyl groups is 1. The summed E-state index contributed by atoms with van der Waals surface area (Å²) < 4.78 is 68.5. The van der Waals surface area contributed by atoms with Crippen molar-refractivity contribution < 1.29 is 80.2 Å². The molecule has 0 aromatic heterocycles. The van der Waals surface area contributed by atoms with Crippen LogP contribution in [0.25, 0.3) is 0 Å². The Hall–Kier alpha value is -1.94. The van der Waals surface area contributed by atoms with E-state index in [0.29, 0.717) is 31.6 Å². The molecule has 0 rings (SSSR count). The van der Waals surface area contributed by atoms with Gasteiger partial charge in [0.15, 0.2) is 12.2 Å². The largest absolute Gasteiger partial charge is 0.472 e. The molecule has 0 aromatic rings. The molecule has 0 aliphatic carbocycles. The highest BCUT2D eigenvalue weighted by Gasteiger charge is 2.30. The molecule has 0 amide bonds. The molecule has 0 radical (unpaired) electrons. The Kier molecular flexibility index (Phi) is 64.0. The van der Waals surface area contributed by atoms with E-state index < -0.39 is 97.5 Å². The Bertz CT molecular complexity index is 1870. The van der Waals surface area contributed by atoms with Gasteiger partial charge in [-0.2, -0.15) is 0 Å². The van der Waals surface area contributed by atoms with Gasteiger partial charge in [0.2, 0.25) is 0 Å². The third-order valence-corrected chi connectivity index (χ3v) is 19.5. The fourth-order valence-corrected chi connectivity index (χ4v) is 13.1. The fourth-order valence-electron chi connectivity index (χ4n) is 11.6. The van der Waals surface area contributed by atoms with Crippen molar-refractivity contribution in [1.82, 2.24) is 0 Å². The molecule has 0 spiro atoms. The van der Waals surface area contributed by atoms with Crippen LogP contribution in [0.1, 0.15) is 383 Å². The molecule has 0 bridgehead atoms. The first kappa shape index (κ1) is 93.1. The van der Waals surface area contributed by atoms with Gasteiger partial charge in [-0.15, -0.1) is 0 Å². The predicted octanol–water partition coefficient (Wildman–Crippen LogP) is 22.0. The molecule has 17 nitrogen and oxygen atoms in total. The molecule has 0 saturated heterocycles. The van der Waals surface area contributed by atoms with Crippen molar-refractivity contribution in [3.8, 4) is 0 Å². The van der Waals surface area contributed by atoms with E-state index in [9.17, 15) is 43.2 Å². The summed E-state index contributed by atoms with van der Waals surface area (Å²) in [6.45, 7) is 14.2. The molecule has 0 aliphatic heterocycles. The van der Waals surface area contributed by atoms with Crippen LogP contribution < -0.4 is 0 Å². The van der Waals surface area contributed by atoms with Gasteiger partial charge >= 0.3 is 39.5 Å². The minimum atomic E-state index is -4.96. The number of rotatable bonds is 73. The first-order valence-corrected chi connectivity index (χ1v) is 42.2. The van der Waals surface area contributed by atoms with Gasteiger partial charge in [0.25, 0.3) is 0 Å². The molecule has 95 heavy (non-hydrogen) atoms. The standard InChI is InChI=1S/C76H148O17P2/c1-66(2)52-44-36-28-21-15-11-9-13-17-24-32-40-48-56-73(78)86-62-71(92-75(80)58-50-42-33-25-18-14-10-12-16-22-29-37-45-53-67(3)4)64-90-94(82,83)88-60-70(77)61-89-95(84,85)91-65-72(63-87-74(79)57-49-41-35-27-31-39-47-55-69(7)8)93-76(81)59-51-43-34-26-20-19-23-30-38-46-54-68(5)6/h66-72,77H,9-65H2,1-8H3,(H,82,83)(H,84,85)/t70?,71-,72-/m1/s1. The molecule has 564 valence electrons. The lowest BCUT2D eigenvalue weighted by atomic mass is 10.0. The number of carbonyl (C=O) groups excluding carboxylic acids is 4. The molecular weight excluding hydrogens is 1250 g/mol. The summed E-state index contributed by atoms with van der Waals surface area (Å²) in [5, 5.41) is 10.6. The van der Waals surface area contributed by atoms with Crippen LogP contribution >= 0.6 is 15.6 Å². The smallest absolute Gasteiger partial charge is 0.462 e. The van der Waals surface area contributed by atoms with Gasteiger partial charge in [0.1, 0.15) is 19.3 Å². The third kappa shape index (κ3) is 70.3. The Morgan fingerprint density at radius 2 is 0.442 bits per heavy atom. The number of phosphoric ester groups is 2. The second-order valence-corrected chi connectivity index (χ2v) is 32.2. The second-order valence-electron chi connectivity index (χ2n) is 29.3. The maximum atomic E-state index is 13.1. The van der Waals surface area contributed by atoms with Crippen molar-refractivity contribution in [1.29, 1.82) is 0 Å². The lowest BCUT2D eigenvalue weighted by Crippen LogP contribution is -2.30. The monoisotopic (exact) mass is 1400 g/mol. The highest BCUT2D eigenvalue weighted by molar-refractivity contribution is 7.47. The van der Waals surface area contributed by atoms with E-state index in [2.05, 4.69) is 55.4 Å². The number of aliphatic hydroxyl groups excluding tert-OH is 1. The summed E-state index contributed by atoms with van der Waals surface area (Å²) in [5.74, 6) is 0.914. The first-order valence-electron chi connectivity index (χ1n) is 39.2. The van der Waals surface area contributed by atoms with Crippen molar-refractivity contribution in [3.63, 3.8) is 0 Å². The van der Waals surface area contributed by atoms with Gasteiger partial charge in [-0.3, -0.25) is 37.3 Å². The van der Waals surface area contributed by atoms with Crippen molar-refractivity contribution in [2.24, 2.45) is 23.7 Å².